The van der Waals surface area contributed by atoms with Gasteiger partial charge in [0, 0.05) is 60.4 Å². The molecule has 2 aliphatic heterocycles. The van der Waals surface area contributed by atoms with Crippen LogP contribution in [0.4, 0.5) is 0 Å². The van der Waals surface area contributed by atoms with Gasteiger partial charge in [0.2, 0.25) is 5.91 Å². The first-order chi connectivity index (χ1) is 14.2. The van der Waals surface area contributed by atoms with E-state index in [1.165, 1.54) is 10.1 Å². The fourth-order valence-electron chi connectivity index (χ4n) is 4.30. The molecule has 0 spiro atoms. The van der Waals surface area contributed by atoms with Gasteiger partial charge in [0.05, 0.1) is 0 Å². The summed E-state index contributed by atoms with van der Waals surface area (Å²) >= 11 is 1.72. The Morgan fingerprint density at radius 3 is 2.90 bits per heavy atom. The molecule has 0 unspecified atom stereocenters. The number of phenolic OH excluding ortho intramolecular Hbond substituents is 1. The SMILES string of the molecule is O=C1CCCN1CCN1CCOc2c(O)cc(-c3csc4ccccc34)cc2C1. The molecule has 150 valence electrons. The van der Waals surface area contributed by atoms with Crippen LogP contribution in [-0.2, 0) is 11.3 Å². The predicted molar refractivity (Wildman–Crippen MR) is 116 cm³/mol. The van der Waals surface area contributed by atoms with Gasteiger partial charge in [-0.15, -0.1) is 11.3 Å². The Balaban J connectivity index is 1.42. The summed E-state index contributed by atoms with van der Waals surface area (Å²) < 4.78 is 7.13. The predicted octanol–water partition coefficient (Wildman–Crippen LogP) is 4.09. The maximum absolute atomic E-state index is 11.9. The highest BCUT2D eigenvalue weighted by atomic mass is 32.1. The smallest absolute Gasteiger partial charge is 0.222 e. The normalized spacial score (nSPS) is 17.4. The average Bonchev–Trinajstić information content (AvgIpc) is 3.27. The highest BCUT2D eigenvalue weighted by Crippen LogP contribution is 2.41. The molecule has 0 radical (unpaired) electrons. The van der Waals surface area contributed by atoms with E-state index in [0.29, 0.717) is 25.3 Å². The van der Waals surface area contributed by atoms with Crippen molar-refractivity contribution in [2.45, 2.75) is 19.4 Å². The molecule has 0 bridgehead atoms. The first kappa shape index (κ1) is 18.5. The van der Waals surface area contributed by atoms with Crippen molar-refractivity contribution in [2.75, 3.05) is 32.8 Å². The number of ether oxygens (including phenoxy) is 1. The summed E-state index contributed by atoms with van der Waals surface area (Å²) in [6.07, 6.45) is 1.65. The van der Waals surface area contributed by atoms with Gasteiger partial charge >= 0.3 is 0 Å². The number of aromatic hydroxyl groups is 1. The number of carbonyl (C=O) groups is 1. The van der Waals surface area contributed by atoms with Gasteiger partial charge in [0.15, 0.2) is 11.5 Å². The van der Waals surface area contributed by atoms with E-state index in [-0.39, 0.29) is 11.7 Å². The molecule has 1 N–H and O–H groups in total. The third kappa shape index (κ3) is 3.58. The molecule has 2 aliphatic rings. The lowest BCUT2D eigenvalue weighted by Gasteiger charge is -2.23. The van der Waals surface area contributed by atoms with Crippen molar-refractivity contribution in [1.82, 2.24) is 9.80 Å². The second-order valence-corrected chi connectivity index (χ2v) is 8.65. The Hall–Kier alpha value is -2.57. The van der Waals surface area contributed by atoms with Gasteiger partial charge in [-0.2, -0.15) is 0 Å². The van der Waals surface area contributed by atoms with E-state index >= 15 is 0 Å². The first-order valence-corrected chi connectivity index (χ1v) is 11.0. The number of fused-ring (bicyclic) bond motifs is 2. The topological polar surface area (TPSA) is 53.0 Å². The van der Waals surface area contributed by atoms with E-state index in [0.717, 1.165) is 49.3 Å². The molecule has 5 nitrogen and oxygen atoms in total. The lowest BCUT2D eigenvalue weighted by atomic mass is 10.0. The number of hydrogen-bond acceptors (Lipinski definition) is 5. The van der Waals surface area contributed by atoms with Crippen LogP contribution in [0.2, 0.25) is 0 Å². The van der Waals surface area contributed by atoms with Crippen LogP contribution in [-0.4, -0.2) is 53.6 Å². The molecule has 3 heterocycles. The number of amides is 1. The van der Waals surface area contributed by atoms with Crippen LogP contribution in [0.25, 0.3) is 21.2 Å². The van der Waals surface area contributed by atoms with Crippen molar-refractivity contribution in [3.8, 4) is 22.6 Å². The van der Waals surface area contributed by atoms with E-state index in [4.69, 9.17) is 4.74 Å². The highest BCUT2D eigenvalue weighted by molar-refractivity contribution is 7.17. The number of nitrogens with zero attached hydrogens (tertiary/aromatic N) is 2. The van der Waals surface area contributed by atoms with E-state index < -0.39 is 0 Å². The Morgan fingerprint density at radius 2 is 2.03 bits per heavy atom. The van der Waals surface area contributed by atoms with Gasteiger partial charge in [-0.25, -0.2) is 0 Å². The molecule has 1 fully saturated rings. The highest BCUT2D eigenvalue weighted by Gasteiger charge is 2.23. The van der Waals surface area contributed by atoms with Crippen molar-refractivity contribution in [1.29, 1.82) is 0 Å². The van der Waals surface area contributed by atoms with E-state index in [1.807, 2.05) is 23.1 Å². The molecule has 0 aliphatic carbocycles. The average molecular weight is 409 g/mol. The van der Waals surface area contributed by atoms with Crippen LogP contribution < -0.4 is 4.74 Å². The fraction of sp³-hybridized carbons (Fsp3) is 0.348. The van der Waals surface area contributed by atoms with Gasteiger partial charge in [0.25, 0.3) is 0 Å². The Morgan fingerprint density at radius 1 is 1.14 bits per heavy atom. The van der Waals surface area contributed by atoms with Crippen LogP contribution >= 0.6 is 11.3 Å². The summed E-state index contributed by atoms with van der Waals surface area (Å²) in [5.41, 5.74) is 3.15. The van der Waals surface area contributed by atoms with Crippen molar-refractivity contribution in [3.05, 3.63) is 47.3 Å². The van der Waals surface area contributed by atoms with E-state index in [2.05, 4.69) is 28.5 Å². The molecular formula is C23H24N2O3S. The maximum atomic E-state index is 11.9. The van der Waals surface area contributed by atoms with Crippen molar-refractivity contribution in [3.63, 3.8) is 0 Å². The minimum atomic E-state index is 0.198. The number of phenols is 1. The van der Waals surface area contributed by atoms with Crippen LogP contribution in [0.1, 0.15) is 18.4 Å². The molecule has 29 heavy (non-hydrogen) atoms. The van der Waals surface area contributed by atoms with Crippen LogP contribution in [0.5, 0.6) is 11.5 Å². The molecule has 3 aromatic rings. The number of hydrogen-bond donors (Lipinski definition) is 1. The molecule has 5 rings (SSSR count). The Kier molecular flexibility index (Phi) is 4.89. The zero-order valence-corrected chi connectivity index (χ0v) is 17.1. The Labute approximate surface area is 174 Å². The molecule has 1 aromatic heterocycles. The lowest BCUT2D eigenvalue weighted by Crippen LogP contribution is -2.36. The quantitative estimate of drug-likeness (QED) is 0.707. The summed E-state index contributed by atoms with van der Waals surface area (Å²) in [6.45, 7) is 4.48. The minimum absolute atomic E-state index is 0.198. The van der Waals surface area contributed by atoms with Gasteiger partial charge in [-0.3, -0.25) is 9.69 Å². The van der Waals surface area contributed by atoms with Gasteiger partial charge in [-0.05, 0) is 35.6 Å². The lowest BCUT2D eigenvalue weighted by molar-refractivity contribution is -0.127. The summed E-state index contributed by atoms with van der Waals surface area (Å²) in [4.78, 5) is 16.2. The molecule has 6 heteroatoms. The van der Waals surface area contributed by atoms with Gasteiger partial charge in [-0.1, -0.05) is 18.2 Å². The largest absolute Gasteiger partial charge is 0.504 e. The molecular weight excluding hydrogens is 384 g/mol. The maximum Gasteiger partial charge on any atom is 0.222 e. The van der Waals surface area contributed by atoms with E-state index in [9.17, 15) is 9.90 Å². The van der Waals surface area contributed by atoms with Crippen LogP contribution in [0.3, 0.4) is 0 Å². The molecule has 0 saturated carbocycles. The summed E-state index contributed by atoms with van der Waals surface area (Å²) in [6, 6.07) is 12.3. The third-order valence-corrected chi connectivity index (χ3v) is 6.81. The standard InChI is InChI=1S/C23H24N2O3S/c26-20-13-16(19-15-29-21-5-2-1-4-18(19)21)12-17-14-24(10-11-28-23(17)20)8-9-25-7-3-6-22(25)27/h1-2,4-5,12-13,15,26H,3,6-11,14H2. The Bertz CT molecular complexity index is 1060. The molecule has 0 atom stereocenters. The minimum Gasteiger partial charge on any atom is -0.504 e. The molecule has 1 saturated heterocycles. The fourth-order valence-corrected chi connectivity index (χ4v) is 5.27. The van der Waals surface area contributed by atoms with Crippen molar-refractivity contribution >= 4 is 27.3 Å². The summed E-state index contributed by atoms with van der Waals surface area (Å²) in [5, 5.41) is 14.0. The van der Waals surface area contributed by atoms with Crippen LogP contribution in [0.15, 0.2) is 41.8 Å². The first-order valence-electron chi connectivity index (χ1n) is 10.1. The second kappa shape index (κ2) is 7.69. The van der Waals surface area contributed by atoms with Crippen molar-refractivity contribution in [2.24, 2.45) is 0 Å². The number of thiophene rings is 1. The number of likely N-dealkylation sites (tertiary alicyclic amines) is 1. The zero-order valence-electron chi connectivity index (χ0n) is 16.3. The number of benzene rings is 2. The summed E-state index contributed by atoms with van der Waals surface area (Å²) in [5.74, 6) is 1.05. The van der Waals surface area contributed by atoms with Crippen LogP contribution in [0, 0.1) is 0 Å². The van der Waals surface area contributed by atoms with Gasteiger partial charge in [0.1, 0.15) is 6.61 Å². The molecule has 2 aromatic carbocycles. The monoisotopic (exact) mass is 408 g/mol. The zero-order chi connectivity index (χ0) is 19.8. The third-order valence-electron chi connectivity index (χ3n) is 5.84. The number of rotatable bonds is 4. The summed E-state index contributed by atoms with van der Waals surface area (Å²) in [7, 11) is 0. The van der Waals surface area contributed by atoms with E-state index in [1.54, 1.807) is 11.3 Å². The van der Waals surface area contributed by atoms with Gasteiger partial charge < -0.3 is 14.7 Å². The number of carbonyl (C=O) groups excluding carboxylic acids is 1. The molecule has 1 amide bonds. The second-order valence-electron chi connectivity index (χ2n) is 7.74. The van der Waals surface area contributed by atoms with Crippen molar-refractivity contribution < 1.29 is 14.6 Å².